The van der Waals surface area contributed by atoms with Crippen molar-refractivity contribution in [3.63, 3.8) is 0 Å². The number of halogens is 6. The molecule has 0 radical (unpaired) electrons. The first-order chi connectivity index (χ1) is 25.0. The Bertz CT molecular complexity index is 2410. The molecule has 4 N–H and O–H groups in total. The molecule has 3 atom stereocenters. The van der Waals surface area contributed by atoms with Crippen LogP contribution in [-0.2, 0) is 30.7 Å². The number of aryl methyl sites for hydroxylation is 1. The maximum Gasteiger partial charge on any atom is 0.293 e. The van der Waals surface area contributed by atoms with Crippen molar-refractivity contribution in [1.82, 2.24) is 29.9 Å². The Morgan fingerprint density at radius 3 is 2.47 bits per heavy atom. The van der Waals surface area contributed by atoms with Gasteiger partial charge in [-0.1, -0.05) is 12.0 Å². The molecule has 7 rings (SSSR count). The molecule has 0 saturated heterocycles. The minimum absolute atomic E-state index is 0.0376. The first kappa shape index (κ1) is 35.5. The first-order valence-electron chi connectivity index (χ1n) is 16.4. The Labute approximate surface area is 298 Å². The molecule has 2 aliphatic carbocycles. The standard InChI is InChI=1S/C37H30F6N8O2/c1-36(2,53)9-8-21-5-7-22(23-6-4-18(15-44)28-32(23)50(3)49-35(28)45)30(46-21)26(12-17-10-19(38)13-20(39)11-17)47-27(52)16-51-33-29(31(48-51)34(40)41)24-14-25(24)37(33,42)43/h4-7,10-11,13,24-26,34,53H,12,14,16H2,1-3H3,(H2,45,49)(H,47,52). The lowest BCUT2D eigenvalue weighted by molar-refractivity contribution is -0.123. The van der Waals surface area contributed by atoms with E-state index < -0.39 is 71.3 Å². The number of anilines is 1. The number of nitrogens with zero attached hydrogens (tertiary/aromatic N) is 6. The fourth-order valence-electron chi connectivity index (χ4n) is 7.15. The highest BCUT2D eigenvalue weighted by atomic mass is 19.3. The maximum absolute atomic E-state index is 15.3. The van der Waals surface area contributed by atoms with Gasteiger partial charge in [-0.3, -0.25) is 14.2 Å². The van der Waals surface area contributed by atoms with Gasteiger partial charge in [-0.2, -0.15) is 24.2 Å². The molecule has 1 amide bonds. The molecule has 0 spiro atoms. The summed E-state index contributed by atoms with van der Waals surface area (Å²) in [7, 11) is 1.60. The predicted octanol–water partition coefficient (Wildman–Crippen LogP) is 5.93. The highest BCUT2D eigenvalue weighted by Crippen LogP contribution is 2.68. The van der Waals surface area contributed by atoms with Crippen LogP contribution in [0.4, 0.5) is 32.2 Å². The molecule has 2 aliphatic rings. The molecule has 5 aromatic rings. The summed E-state index contributed by atoms with van der Waals surface area (Å²) in [4.78, 5) is 18.5. The molecule has 3 aromatic heterocycles. The number of hydrogen-bond donors (Lipinski definition) is 3. The van der Waals surface area contributed by atoms with E-state index in [2.05, 4.69) is 33.4 Å². The Morgan fingerprint density at radius 2 is 1.81 bits per heavy atom. The number of carbonyl (C=O) groups excluding carboxylic acids is 1. The fraction of sp³-hybridized carbons (Fsp3) is 0.324. The van der Waals surface area contributed by atoms with E-state index in [0.29, 0.717) is 32.8 Å². The SMILES string of the molecule is Cn1nc(N)c2c(C#N)ccc(-c3ccc(C#CC(C)(C)O)nc3C(Cc3cc(F)cc(F)c3)NC(=O)Cn3nc(C(F)F)c4c3C(F)(F)C3CC43)c21. The molecular weight excluding hydrogens is 702 g/mol. The lowest BCUT2D eigenvalue weighted by Crippen LogP contribution is -2.35. The van der Waals surface area contributed by atoms with Crippen LogP contribution in [0.5, 0.6) is 0 Å². The third-order valence-electron chi connectivity index (χ3n) is 9.34. The van der Waals surface area contributed by atoms with Crippen molar-refractivity contribution in [3.8, 4) is 29.0 Å². The number of pyridine rings is 1. The van der Waals surface area contributed by atoms with Gasteiger partial charge in [-0.15, -0.1) is 0 Å². The number of hydrogen-bond acceptors (Lipinski definition) is 7. The number of nitrogen functional groups attached to an aromatic ring is 1. The Hall–Kier alpha value is -5.87. The molecule has 2 aromatic carbocycles. The highest BCUT2D eigenvalue weighted by molar-refractivity contribution is 6.03. The average molecular weight is 733 g/mol. The summed E-state index contributed by atoms with van der Waals surface area (Å²) >= 11 is 0. The zero-order valence-corrected chi connectivity index (χ0v) is 28.4. The number of amides is 1. The number of aromatic nitrogens is 5. The van der Waals surface area contributed by atoms with Crippen molar-refractivity contribution in [2.24, 2.45) is 13.0 Å². The normalized spacial score (nSPS) is 17.5. The lowest BCUT2D eigenvalue weighted by Gasteiger charge is -2.23. The van der Waals surface area contributed by atoms with E-state index in [1.807, 2.05) is 0 Å². The molecule has 1 fully saturated rings. The lowest BCUT2D eigenvalue weighted by atomic mass is 9.92. The van der Waals surface area contributed by atoms with Gasteiger partial charge in [-0.05, 0) is 74.4 Å². The number of nitrogens with two attached hydrogens (primary N) is 1. The second-order valence-electron chi connectivity index (χ2n) is 13.7. The van der Waals surface area contributed by atoms with Crippen LogP contribution in [0.3, 0.4) is 0 Å². The number of nitriles is 1. The van der Waals surface area contributed by atoms with Gasteiger partial charge in [0.05, 0.1) is 34.3 Å². The second-order valence-corrected chi connectivity index (χ2v) is 13.7. The van der Waals surface area contributed by atoms with E-state index in [9.17, 15) is 32.7 Å². The van der Waals surface area contributed by atoms with Crippen LogP contribution < -0.4 is 11.1 Å². The molecule has 0 aliphatic heterocycles. The van der Waals surface area contributed by atoms with E-state index in [-0.39, 0.29) is 46.7 Å². The summed E-state index contributed by atoms with van der Waals surface area (Å²) in [6, 6.07) is 9.84. The van der Waals surface area contributed by atoms with Gasteiger partial charge in [-0.25, -0.2) is 22.5 Å². The van der Waals surface area contributed by atoms with Crippen LogP contribution in [0, 0.1) is 40.7 Å². The van der Waals surface area contributed by atoms with Crippen LogP contribution in [0.1, 0.15) is 78.1 Å². The topological polar surface area (TPSA) is 148 Å². The van der Waals surface area contributed by atoms with Gasteiger partial charge >= 0.3 is 0 Å². The average Bonchev–Trinajstić information content (AvgIpc) is 3.63. The highest BCUT2D eigenvalue weighted by Gasteiger charge is 2.67. The van der Waals surface area contributed by atoms with Crippen molar-refractivity contribution < 1.29 is 36.2 Å². The summed E-state index contributed by atoms with van der Waals surface area (Å²) in [5.74, 6) is -2.67. The van der Waals surface area contributed by atoms with Crippen LogP contribution in [0.25, 0.3) is 22.0 Å². The van der Waals surface area contributed by atoms with Gasteiger partial charge in [0.2, 0.25) is 5.91 Å². The van der Waals surface area contributed by atoms with Crippen molar-refractivity contribution in [2.45, 2.75) is 63.1 Å². The molecular formula is C37H30F6N8O2. The summed E-state index contributed by atoms with van der Waals surface area (Å²) in [5.41, 5.74) is 4.68. The number of nitrogens with one attached hydrogen (secondary N) is 1. The number of fused-ring (bicyclic) bond motifs is 4. The molecule has 3 heterocycles. The van der Waals surface area contributed by atoms with E-state index in [1.54, 1.807) is 19.2 Å². The quantitative estimate of drug-likeness (QED) is 0.132. The zero-order valence-electron chi connectivity index (χ0n) is 28.4. The summed E-state index contributed by atoms with van der Waals surface area (Å²) in [6.07, 6.45) is -3.41. The second kappa shape index (κ2) is 12.7. The van der Waals surface area contributed by atoms with Crippen molar-refractivity contribution in [3.05, 3.63) is 93.6 Å². The number of carbonyl (C=O) groups is 1. The maximum atomic E-state index is 15.3. The van der Waals surface area contributed by atoms with Gasteiger partial charge in [0.15, 0.2) is 5.82 Å². The van der Waals surface area contributed by atoms with E-state index >= 15 is 8.78 Å². The van der Waals surface area contributed by atoms with Gasteiger partial charge in [0, 0.05) is 35.7 Å². The van der Waals surface area contributed by atoms with Crippen LogP contribution >= 0.6 is 0 Å². The largest absolute Gasteiger partial charge is 0.382 e. The van der Waals surface area contributed by atoms with Crippen LogP contribution in [0.2, 0.25) is 0 Å². The summed E-state index contributed by atoms with van der Waals surface area (Å²) in [5, 5.41) is 31.1. The number of aliphatic hydroxyl groups is 1. The Balaban J connectivity index is 1.38. The summed E-state index contributed by atoms with van der Waals surface area (Å²) < 4.78 is 89.6. The molecule has 3 unspecified atom stereocenters. The van der Waals surface area contributed by atoms with Crippen molar-refractivity contribution in [2.75, 3.05) is 5.73 Å². The van der Waals surface area contributed by atoms with Gasteiger partial charge in [0.25, 0.3) is 12.3 Å². The van der Waals surface area contributed by atoms with E-state index in [1.165, 1.54) is 30.7 Å². The predicted molar refractivity (Wildman–Crippen MR) is 179 cm³/mol. The van der Waals surface area contributed by atoms with Crippen molar-refractivity contribution in [1.29, 1.82) is 5.26 Å². The van der Waals surface area contributed by atoms with E-state index in [0.717, 1.165) is 12.1 Å². The molecule has 53 heavy (non-hydrogen) atoms. The summed E-state index contributed by atoms with van der Waals surface area (Å²) in [6.45, 7) is 2.02. The molecule has 1 saturated carbocycles. The van der Waals surface area contributed by atoms with Crippen LogP contribution in [-0.4, -0.2) is 41.2 Å². The molecule has 272 valence electrons. The Morgan fingerprint density at radius 1 is 1.11 bits per heavy atom. The molecule has 0 bridgehead atoms. The number of rotatable bonds is 8. The monoisotopic (exact) mass is 732 g/mol. The minimum Gasteiger partial charge on any atom is -0.382 e. The number of alkyl halides is 4. The van der Waals surface area contributed by atoms with Crippen molar-refractivity contribution >= 4 is 22.6 Å². The minimum atomic E-state index is -3.48. The zero-order chi connectivity index (χ0) is 38.1. The fourth-order valence-corrected chi connectivity index (χ4v) is 7.15. The Kier molecular flexibility index (Phi) is 8.49. The van der Waals surface area contributed by atoms with Gasteiger partial charge in [0.1, 0.15) is 40.9 Å². The molecule has 16 heteroatoms. The third-order valence-corrected chi connectivity index (χ3v) is 9.34. The smallest absolute Gasteiger partial charge is 0.293 e. The number of benzene rings is 2. The van der Waals surface area contributed by atoms with Crippen LogP contribution in [0.15, 0.2) is 42.5 Å². The third kappa shape index (κ3) is 6.44. The first-order valence-corrected chi connectivity index (χ1v) is 16.4. The molecule has 10 nitrogen and oxygen atoms in total. The van der Waals surface area contributed by atoms with E-state index in [4.69, 9.17) is 10.7 Å². The van der Waals surface area contributed by atoms with Gasteiger partial charge < -0.3 is 16.2 Å².